The molecule has 29 heavy (non-hydrogen) atoms. The van der Waals surface area contributed by atoms with Crippen LogP contribution < -0.4 is 5.32 Å². The van der Waals surface area contributed by atoms with E-state index in [1.165, 1.54) is 12.1 Å². The molecule has 3 unspecified atom stereocenters. The van der Waals surface area contributed by atoms with Gasteiger partial charge in [-0.1, -0.05) is 12.1 Å². The standard InChI is InChI=1S/C22H31FN4O2/c1-25-18(8-9-20(28)26-11-2-3-12-26)14-24-22(29)21-19(25)10-13-27(21)15-16-4-6-17(23)7-5-16/h4-7,18-19,21H,2-3,8-15H2,1H3,(H,24,29). The summed E-state index contributed by atoms with van der Waals surface area (Å²) < 4.78 is 13.2. The molecule has 3 aliphatic rings. The monoisotopic (exact) mass is 402 g/mol. The van der Waals surface area contributed by atoms with Crippen molar-refractivity contribution in [3.8, 4) is 0 Å². The number of fused-ring (bicyclic) bond motifs is 1. The van der Waals surface area contributed by atoms with Gasteiger partial charge in [0.1, 0.15) is 11.9 Å². The van der Waals surface area contributed by atoms with Gasteiger partial charge in [-0.2, -0.15) is 0 Å². The molecule has 1 aromatic carbocycles. The number of hydrogen-bond donors (Lipinski definition) is 1. The Kier molecular flexibility index (Phi) is 6.15. The van der Waals surface area contributed by atoms with Crippen LogP contribution in [0.2, 0.25) is 0 Å². The molecule has 0 aliphatic carbocycles. The van der Waals surface area contributed by atoms with E-state index >= 15 is 0 Å². The second kappa shape index (κ2) is 8.79. The third-order valence-corrected chi connectivity index (χ3v) is 6.80. The van der Waals surface area contributed by atoms with E-state index in [4.69, 9.17) is 0 Å². The van der Waals surface area contributed by atoms with E-state index in [1.54, 1.807) is 12.1 Å². The average molecular weight is 403 g/mol. The molecule has 158 valence electrons. The van der Waals surface area contributed by atoms with Crippen LogP contribution in [0.4, 0.5) is 4.39 Å². The second-order valence-corrected chi connectivity index (χ2v) is 8.59. The van der Waals surface area contributed by atoms with Crippen molar-refractivity contribution in [2.45, 2.75) is 56.8 Å². The SMILES string of the molecule is CN1C(CCC(=O)N2CCCC2)CNC(=O)C2C1CCN2Cc1ccc(F)cc1. The Balaban J connectivity index is 1.39. The van der Waals surface area contributed by atoms with E-state index in [2.05, 4.69) is 22.2 Å². The van der Waals surface area contributed by atoms with Crippen molar-refractivity contribution in [2.75, 3.05) is 33.2 Å². The van der Waals surface area contributed by atoms with Crippen molar-refractivity contribution in [3.63, 3.8) is 0 Å². The fourth-order valence-corrected chi connectivity index (χ4v) is 5.07. The van der Waals surface area contributed by atoms with Crippen LogP contribution in [0.5, 0.6) is 0 Å². The van der Waals surface area contributed by atoms with Gasteiger partial charge in [0, 0.05) is 51.2 Å². The molecule has 3 atom stereocenters. The molecule has 2 amide bonds. The van der Waals surface area contributed by atoms with Gasteiger partial charge in [-0.3, -0.25) is 19.4 Å². The molecule has 0 saturated carbocycles. The largest absolute Gasteiger partial charge is 0.353 e. The van der Waals surface area contributed by atoms with Crippen LogP contribution in [0.3, 0.4) is 0 Å². The van der Waals surface area contributed by atoms with Gasteiger partial charge in [-0.25, -0.2) is 4.39 Å². The molecule has 0 spiro atoms. The van der Waals surface area contributed by atoms with Gasteiger partial charge in [-0.15, -0.1) is 0 Å². The lowest BCUT2D eigenvalue weighted by Gasteiger charge is -2.33. The fraction of sp³-hybridized carbons (Fsp3) is 0.636. The number of carbonyl (C=O) groups is 2. The summed E-state index contributed by atoms with van der Waals surface area (Å²) in [7, 11) is 2.09. The van der Waals surface area contributed by atoms with E-state index in [1.807, 2.05) is 4.90 Å². The Labute approximate surface area is 172 Å². The maximum atomic E-state index is 13.2. The van der Waals surface area contributed by atoms with Crippen LogP contribution in [0, 0.1) is 5.82 Å². The quantitative estimate of drug-likeness (QED) is 0.813. The molecule has 3 saturated heterocycles. The number of likely N-dealkylation sites (N-methyl/N-ethyl adjacent to an activating group) is 1. The highest BCUT2D eigenvalue weighted by atomic mass is 19.1. The molecule has 3 fully saturated rings. The molecule has 3 heterocycles. The van der Waals surface area contributed by atoms with Crippen molar-refractivity contribution < 1.29 is 14.0 Å². The Morgan fingerprint density at radius 3 is 2.62 bits per heavy atom. The zero-order valence-electron chi connectivity index (χ0n) is 17.1. The minimum absolute atomic E-state index is 0.0647. The third kappa shape index (κ3) is 4.46. The van der Waals surface area contributed by atoms with Gasteiger partial charge in [0.2, 0.25) is 11.8 Å². The zero-order chi connectivity index (χ0) is 20.4. The number of benzene rings is 1. The van der Waals surface area contributed by atoms with Gasteiger partial charge in [0.15, 0.2) is 0 Å². The van der Waals surface area contributed by atoms with Crippen LogP contribution in [0.15, 0.2) is 24.3 Å². The third-order valence-electron chi connectivity index (χ3n) is 6.80. The highest BCUT2D eigenvalue weighted by Gasteiger charge is 2.44. The predicted octanol–water partition coefficient (Wildman–Crippen LogP) is 1.60. The lowest BCUT2D eigenvalue weighted by Crippen LogP contribution is -2.49. The maximum Gasteiger partial charge on any atom is 0.239 e. The van der Waals surface area contributed by atoms with Crippen molar-refractivity contribution in [1.29, 1.82) is 0 Å². The molecule has 7 heteroatoms. The Bertz CT molecular complexity index is 735. The normalized spacial score (nSPS) is 28.3. The number of nitrogens with zero attached hydrogens (tertiary/aromatic N) is 3. The van der Waals surface area contributed by atoms with Crippen LogP contribution in [0.1, 0.15) is 37.7 Å². The fourth-order valence-electron chi connectivity index (χ4n) is 5.07. The van der Waals surface area contributed by atoms with Crippen molar-refractivity contribution in [2.24, 2.45) is 0 Å². The molecule has 3 aliphatic heterocycles. The summed E-state index contributed by atoms with van der Waals surface area (Å²) in [5.74, 6) is 0.0634. The summed E-state index contributed by atoms with van der Waals surface area (Å²) in [6.45, 7) is 3.84. The molecule has 6 nitrogen and oxygen atoms in total. The molecule has 1 aromatic rings. The predicted molar refractivity (Wildman–Crippen MR) is 109 cm³/mol. The summed E-state index contributed by atoms with van der Waals surface area (Å²) in [5, 5.41) is 3.11. The number of rotatable bonds is 5. The van der Waals surface area contributed by atoms with E-state index in [0.717, 1.165) is 50.9 Å². The molecular weight excluding hydrogens is 371 g/mol. The van der Waals surface area contributed by atoms with Crippen molar-refractivity contribution in [1.82, 2.24) is 20.0 Å². The van der Waals surface area contributed by atoms with Crippen molar-refractivity contribution in [3.05, 3.63) is 35.6 Å². The lowest BCUT2D eigenvalue weighted by molar-refractivity contribution is -0.130. The van der Waals surface area contributed by atoms with Crippen LogP contribution in [-0.4, -0.2) is 77.9 Å². The average Bonchev–Trinajstić information content (AvgIpc) is 3.37. The van der Waals surface area contributed by atoms with E-state index < -0.39 is 0 Å². The minimum Gasteiger partial charge on any atom is -0.353 e. The molecule has 4 rings (SSSR count). The first-order valence-electron chi connectivity index (χ1n) is 10.8. The molecule has 0 aromatic heterocycles. The summed E-state index contributed by atoms with van der Waals surface area (Å²) >= 11 is 0. The number of amides is 2. The number of halogens is 1. The number of carbonyl (C=O) groups excluding carboxylic acids is 2. The van der Waals surface area contributed by atoms with Gasteiger partial charge < -0.3 is 10.2 Å². The number of nitrogens with one attached hydrogen (secondary N) is 1. The molecule has 0 bridgehead atoms. The maximum absolute atomic E-state index is 13.2. The Hall–Kier alpha value is -1.99. The van der Waals surface area contributed by atoms with Crippen LogP contribution in [-0.2, 0) is 16.1 Å². The second-order valence-electron chi connectivity index (χ2n) is 8.59. The van der Waals surface area contributed by atoms with E-state index in [9.17, 15) is 14.0 Å². The lowest BCUT2D eigenvalue weighted by atomic mass is 10.0. The molecule has 0 radical (unpaired) electrons. The zero-order valence-corrected chi connectivity index (χ0v) is 17.1. The van der Waals surface area contributed by atoms with Crippen LogP contribution >= 0.6 is 0 Å². The van der Waals surface area contributed by atoms with Crippen LogP contribution in [0.25, 0.3) is 0 Å². The topological polar surface area (TPSA) is 55.9 Å². The van der Waals surface area contributed by atoms with Gasteiger partial charge in [-0.05, 0) is 50.4 Å². The summed E-state index contributed by atoms with van der Waals surface area (Å²) in [4.78, 5) is 31.8. The first-order valence-corrected chi connectivity index (χ1v) is 10.8. The van der Waals surface area contributed by atoms with E-state index in [-0.39, 0.29) is 35.8 Å². The highest BCUT2D eigenvalue weighted by Crippen LogP contribution is 2.28. The molecule has 1 N–H and O–H groups in total. The summed E-state index contributed by atoms with van der Waals surface area (Å²) in [5.41, 5.74) is 1.01. The van der Waals surface area contributed by atoms with Gasteiger partial charge in [0.25, 0.3) is 0 Å². The first kappa shape index (κ1) is 20.3. The molecular formula is C22H31FN4O2. The van der Waals surface area contributed by atoms with Gasteiger partial charge >= 0.3 is 0 Å². The highest BCUT2D eigenvalue weighted by molar-refractivity contribution is 5.83. The number of likely N-dealkylation sites (tertiary alicyclic amines) is 2. The number of hydrogen-bond acceptors (Lipinski definition) is 4. The Morgan fingerprint density at radius 1 is 1.17 bits per heavy atom. The summed E-state index contributed by atoms with van der Waals surface area (Å²) in [6, 6.07) is 6.62. The van der Waals surface area contributed by atoms with Crippen molar-refractivity contribution >= 4 is 11.8 Å². The van der Waals surface area contributed by atoms with E-state index in [0.29, 0.717) is 19.5 Å². The van der Waals surface area contributed by atoms with Gasteiger partial charge in [0.05, 0.1) is 0 Å². The summed E-state index contributed by atoms with van der Waals surface area (Å²) in [6.07, 6.45) is 4.46. The minimum atomic E-state index is -0.244. The smallest absolute Gasteiger partial charge is 0.239 e. The first-order chi connectivity index (χ1) is 14.0. The Morgan fingerprint density at radius 2 is 1.90 bits per heavy atom.